The molecule has 11 nitrogen and oxygen atoms in total. The van der Waals surface area contributed by atoms with E-state index in [0.29, 0.717) is 40.5 Å². The van der Waals surface area contributed by atoms with Crippen molar-refractivity contribution in [2.24, 2.45) is 0 Å². The third-order valence-corrected chi connectivity index (χ3v) is 6.36. The number of nitro groups is 1. The van der Waals surface area contributed by atoms with Crippen molar-refractivity contribution >= 4 is 29.2 Å². The third-order valence-electron chi connectivity index (χ3n) is 5.36. The number of nitro benzene ring substituents is 1. The number of thioether (sulfide) groups is 1. The van der Waals surface area contributed by atoms with E-state index in [4.69, 9.17) is 9.47 Å². The monoisotopic (exact) mass is 534 g/mol. The number of rotatable bonds is 11. The number of hydrogen-bond donors (Lipinski definition) is 2. The summed E-state index contributed by atoms with van der Waals surface area (Å²) in [5.41, 5.74) is 2.17. The Hall–Kier alpha value is -4.58. The van der Waals surface area contributed by atoms with E-state index in [1.807, 2.05) is 37.3 Å². The highest BCUT2D eigenvalue weighted by Gasteiger charge is 2.17. The minimum absolute atomic E-state index is 0.0283. The van der Waals surface area contributed by atoms with Crippen molar-refractivity contribution < 1.29 is 19.2 Å². The first-order valence-electron chi connectivity index (χ1n) is 11.7. The molecule has 0 saturated heterocycles. The maximum Gasteiger partial charge on any atom is 0.319 e. The van der Waals surface area contributed by atoms with Gasteiger partial charge in [-0.15, -0.1) is 10.2 Å². The first-order valence-corrected chi connectivity index (χ1v) is 12.7. The number of para-hydroxylation sites is 2. The molecule has 38 heavy (non-hydrogen) atoms. The average molecular weight is 535 g/mol. The van der Waals surface area contributed by atoms with Gasteiger partial charge in [0.15, 0.2) is 11.0 Å². The Morgan fingerprint density at radius 2 is 1.87 bits per heavy atom. The summed E-state index contributed by atoms with van der Waals surface area (Å²) < 4.78 is 12.6. The van der Waals surface area contributed by atoms with Crippen LogP contribution in [-0.4, -0.2) is 39.4 Å². The molecule has 0 bridgehead atoms. The number of non-ortho nitro benzene ring substituents is 1. The van der Waals surface area contributed by atoms with E-state index in [9.17, 15) is 14.9 Å². The Morgan fingerprint density at radius 1 is 1.08 bits per heavy atom. The molecular formula is C26H26N6O5S. The lowest BCUT2D eigenvalue weighted by Crippen LogP contribution is -2.29. The number of benzene rings is 3. The predicted octanol–water partition coefficient (Wildman–Crippen LogP) is 5.20. The van der Waals surface area contributed by atoms with Crippen LogP contribution in [0, 0.1) is 10.1 Å². The Balaban J connectivity index is 1.54. The van der Waals surface area contributed by atoms with Crippen molar-refractivity contribution in [3.63, 3.8) is 0 Å². The van der Waals surface area contributed by atoms with E-state index < -0.39 is 11.0 Å². The van der Waals surface area contributed by atoms with Crippen LogP contribution in [0.5, 0.6) is 11.5 Å². The minimum atomic E-state index is -0.457. The van der Waals surface area contributed by atoms with Gasteiger partial charge in [-0.3, -0.25) is 14.7 Å². The van der Waals surface area contributed by atoms with Gasteiger partial charge in [-0.2, -0.15) is 0 Å². The molecule has 0 aliphatic heterocycles. The number of carbonyl (C=O) groups excluding carboxylic acids is 1. The topological polar surface area (TPSA) is 133 Å². The second kappa shape index (κ2) is 12.6. The zero-order valence-electron chi connectivity index (χ0n) is 20.8. The summed E-state index contributed by atoms with van der Waals surface area (Å²) in [5.74, 6) is 2.36. The van der Waals surface area contributed by atoms with Crippen molar-refractivity contribution in [2.75, 3.05) is 19.0 Å². The van der Waals surface area contributed by atoms with E-state index in [-0.39, 0.29) is 12.2 Å². The van der Waals surface area contributed by atoms with Crippen molar-refractivity contribution in [1.29, 1.82) is 0 Å². The average Bonchev–Trinajstić information content (AvgIpc) is 3.35. The Morgan fingerprint density at radius 3 is 2.61 bits per heavy atom. The molecule has 196 valence electrons. The molecule has 1 heterocycles. The quantitative estimate of drug-likeness (QED) is 0.152. The van der Waals surface area contributed by atoms with Gasteiger partial charge in [-0.25, -0.2) is 4.79 Å². The molecule has 3 aromatic carbocycles. The van der Waals surface area contributed by atoms with Crippen molar-refractivity contribution in [1.82, 2.24) is 20.1 Å². The molecule has 1 aromatic heterocycles. The fraction of sp³-hybridized carbons (Fsp3) is 0.192. The largest absolute Gasteiger partial charge is 0.497 e. The van der Waals surface area contributed by atoms with Crippen LogP contribution in [0.15, 0.2) is 78.0 Å². The Labute approximate surface area is 223 Å². The second-order valence-corrected chi connectivity index (χ2v) is 8.83. The van der Waals surface area contributed by atoms with Crippen LogP contribution in [-0.2, 0) is 12.3 Å². The fourth-order valence-electron chi connectivity index (χ4n) is 3.58. The lowest BCUT2D eigenvalue weighted by atomic mass is 10.2. The first-order chi connectivity index (χ1) is 18.5. The number of nitrogens with one attached hydrogen (secondary N) is 2. The van der Waals surface area contributed by atoms with Gasteiger partial charge in [0, 0.05) is 23.6 Å². The molecule has 2 amide bonds. The van der Waals surface area contributed by atoms with Crippen LogP contribution in [0.4, 0.5) is 16.2 Å². The van der Waals surface area contributed by atoms with Crippen molar-refractivity contribution in [3.8, 4) is 17.2 Å². The van der Waals surface area contributed by atoms with Gasteiger partial charge in [0.05, 0.1) is 30.9 Å². The summed E-state index contributed by atoms with van der Waals surface area (Å²) in [6.45, 7) is 2.40. The number of ether oxygens (including phenoxy) is 2. The number of carbonyl (C=O) groups is 1. The highest BCUT2D eigenvalue weighted by molar-refractivity contribution is 7.98. The van der Waals surface area contributed by atoms with Gasteiger partial charge in [0.25, 0.3) is 5.69 Å². The standard InChI is InChI=1S/C26H26N6O5S/c1-3-37-23-10-5-4-9-22(23)28-25(33)27-16-24-29-30-26(38-17-18-7-6-8-21(15-18)36-2)31(24)19-11-13-20(14-12-19)32(34)35/h4-15H,3,16-17H2,1-2H3,(H2,27,28,33). The zero-order chi connectivity index (χ0) is 26.9. The fourth-order valence-corrected chi connectivity index (χ4v) is 4.49. The van der Waals surface area contributed by atoms with Crippen LogP contribution in [0.1, 0.15) is 18.3 Å². The lowest BCUT2D eigenvalue weighted by molar-refractivity contribution is -0.384. The van der Waals surface area contributed by atoms with Crippen molar-refractivity contribution in [2.45, 2.75) is 24.4 Å². The third kappa shape index (κ3) is 6.59. The molecule has 0 aliphatic carbocycles. The number of hydrogen-bond acceptors (Lipinski definition) is 8. The van der Waals surface area contributed by atoms with Crippen LogP contribution < -0.4 is 20.1 Å². The molecule has 4 rings (SSSR count). The molecule has 0 atom stereocenters. The number of methoxy groups -OCH3 is 1. The maximum atomic E-state index is 12.7. The Kier molecular flexibility index (Phi) is 8.77. The van der Waals surface area contributed by atoms with E-state index >= 15 is 0 Å². The molecule has 0 unspecified atom stereocenters. The maximum absolute atomic E-state index is 12.7. The summed E-state index contributed by atoms with van der Waals surface area (Å²) in [5, 5.41) is 25.9. The summed E-state index contributed by atoms with van der Waals surface area (Å²) in [7, 11) is 1.61. The zero-order valence-corrected chi connectivity index (χ0v) is 21.6. The molecule has 0 radical (unpaired) electrons. The molecule has 0 spiro atoms. The minimum Gasteiger partial charge on any atom is -0.497 e. The van der Waals surface area contributed by atoms with Gasteiger partial charge in [-0.1, -0.05) is 36.0 Å². The highest BCUT2D eigenvalue weighted by Crippen LogP contribution is 2.28. The molecular weight excluding hydrogens is 508 g/mol. The van der Waals surface area contributed by atoms with Crippen LogP contribution in [0.3, 0.4) is 0 Å². The second-order valence-electron chi connectivity index (χ2n) is 7.88. The highest BCUT2D eigenvalue weighted by atomic mass is 32.2. The molecule has 0 saturated carbocycles. The first kappa shape index (κ1) is 26.5. The number of anilines is 1. The Bertz CT molecular complexity index is 1410. The molecule has 4 aromatic rings. The predicted molar refractivity (Wildman–Crippen MR) is 144 cm³/mol. The van der Waals surface area contributed by atoms with Crippen LogP contribution in [0.25, 0.3) is 5.69 Å². The summed E-state index contributed by atoms with van der Waals surface area (Å²) in [4.78, 5) is 23.3. The molecule has 2 N–H and O–H groups in total. The van der Waals surface area contributed by atoms with Gasteiger partial charge < -0.3 is 20.1 Å². The smallest absolute Gasteiger partial charge is 0.319 e. The van der Waals surface area contributed by atoms with Gasteiger partial charge >= 0.3 is 6.03 Å². The van der Waals surface area contributed by atoms with Gasteiger partial charge in [-0.05, 0) is 48.9 Å². The van der Waals surface area contributed by atoms with E-state index in [1.165, 1.54) is 23.9 Å². The van der Waals surface area contributed by atoms with Crippen LogP contribution >= 0.6 is 11.8 Å². The summed E-state index contributed by atoms with van der Waals surface area (Å²) >= 11 is 1.44. The van der Waals surface area contributed by atoms with E-state index in [2.05, 4.69) is 20.8 Å². The molecule has 0 aliphatic rings. The molecule has 12 heteroatoms. The van der Waals surface area contributed by atoms with Crippen molar-refractivity contribution in [3.05, 3.63) is 94.3 Å². The van der Waals surface area contributed by atoms with Gasteiger partial charge in [0.1, 0.15) is 11.5 Å². The number of urea groups is 1. The number of amides is 2. The van der Waals surface area contributed by atoms with E-state index in [1.54, 1.807) is 42.0 Å². The van der Waals surface area contributed by atoms with Gasteiger partial charge in [0.2, 0.25) is 0 Å². The SMILES string of the molecule is CCOc1ccccc1NC(=O)NCc1nnc(SCc2cccc(OC)c2)n1-c1ccc([N+](=O)[O-])cc1. The molecule has 0 fully saturated rings. The van der Waals surface area contributed by atoms with E-state index in [0.717, 1.165) is 11.3 Å². The summed E-state index contributed by atoms with van der Waals surface area (Å²) in [6, 6.07) is 20.5. The van der Waals surface area contributed by atoms with Crippen LogP contribution in [0.2, 0.25) is 0 Å². The number of aromatic nitrogens is 3. The number of nitrogens with zero attached hydrogens (tertiary/aromatic N) is 4. The normalized spacial score (nSPS) is 10.6. The lowest BCUT2D eigenvalue weighted by Gasteiger charge is -2.13. The summed E-state index contributed by atoms with van der Waals surface area (Å²) in [6.07, 6.45) is 0.